The quantitative estimate of drug-likeness (QED) is 0.666. The molecule has 2 nitrogen and oxygen atoms in total. The fourth-order valence-corrected chi connectivity index (χ4v) is 1.85. The SMILES string of the molecule is N#CCCCCNc1ccc(F)cc1I. The lowest BCUT2D eigenvalue weighted by atomic mass is 10.2. The van der Waals surface area contributed by atoms with Crippen LogP contribution in [0.2, 0.25) is 0 Å². The summed E-state index contributed by atoms with van der Waals surface area (Å²) >= 11 is 2.10. The van der Waals surface area contributed by atoms with Crippen LogP contribution in [0.3, 0.4) is 0 Å². The molecule has 1 aromatic carbocycles. The van der Waals surface area contributed by atoms with E-state index in [-0.39, 0.29) is 5.82 Å². The highest BCUT2D eigenvalue weighted by Gasteiger charge is 1.99. The average molecular weight is 318 g/mol. The summed E-state index contributed by atoms with van der Waals surface area (Å²) in [4.78, 5) is 0. The van der Waals surface area contributed by atoms with Crippen LogP contribution in [-0.4, -0.2) is 6.54 Å². The number of anilines is 1. The highest BCUT2D eigenvalue weighted by atomic mass is 127. The van der Waals surface area contributed by atoms with Gasteiger partial charge in [0.15, 0.2) is 0 Å². The molecule has 0 aromatic heterocycles. The number of unbranched alkanes of at least 4 members (excludes halogenated alkanes) is 2. The molecule has 0 saturated carbocycles. The molecule has 4 heteroatoms. The van der Waals surface area contributed by atoms with Crippen LogP contribution < -0.4 is 5.32 Å². The van der Waals surface area contributed by atoms with Crippen molar-refractivity contribution in [2.24, 2.45) is 0 Å². The molecular formula is C11H12FIN2. The Bertz CT molecular complexity index is 360. The van der Waals surface area contributed by atoms with Crippen LogP contribution >= 0.6 is 22.6 Å². The molecule has 1 N–H and O–H groups in total. The summed E-state index contributed by atoms with van der Waals surface area (Å²) in [6.07, 6.45) is 2.46. The first-order valence-electron chi connectivity index (χ1n) is 4.80. The molecule has 0 bridgehead atoms. The molecule has 0 amide bonds. The van der Waals surface area contributed by atoms with E-state index in [4.69, 9.17) is 5.26 Å². The summed E-state index contributed by atoms with van der Waals surface area (Å²) in [6.45, 7) is 0.823. The third-order valence-corrected chi connectivity index (χ3v) is 2.85. The van der Waals surface area contributed by atoms with Gasteiger partial charge in [0, 0.05) is 22.2 Å². The van der Waals surface area contributed by atoms with E-state index < -0.39 is 0 Å². The van der Waals surface area contributed by atoms with Gasteiger partial charge in [-0.15, -0.1) is 0 Å². The van der Waals surface area contributed by atoms with Gasteiger partial charge in [0.1, 0.15) is 5.82 Å². The van der Waals surface area contributed by atoms with Crippen molar-refractivity contribution in [1.29, 1.82) is 5.26 Å². The first kappa shape index (κ1) is 12.2. The van der Waals surface area contributed by atoms with Crippen LogP contribution in [0.4, 0.5) is 10.1 Å². The van der Waals surface area contributed by atoms with Crippen molar-refractivity contribution < 1.29 is 4.39 Å². The predicted octanol–water partition coefficient (Wildman–Crippen LogP) is 3.54. The molecule has 0 unspecified atom stereocenters. The third-order valence-electron chi connectivity index (χ3n) is 1.96. The molecule has 0 atom stereocenters. The van der Waals surface area contributed by atoms with Gasteiger partial charge in [-0.05, 0) is 53.6 Å². The van der Waals surface area contributed by atoms with Crippen LogP contribution in [0.1, 0.15) is 19.3 Å². The standard InChI is InChI=1S/C11H12FIN2/c12-9-4-5-11(10(13)8-9)15-7-3-1-2-6-14/h4-5,8,15H,1-3,7H2. The average Bonchev–Trinajstić information content (AvgIpc) is 2.20. The van der Waals surface area contributed by atoms with Gasteiger partial charge >= 0.3 is 0 Å². The summed E-state index contributed by atoms with van der Waals surface area (Å²) in [6, 6.07) is 6.79. The molecule has 0 aliphatic heterocycles. The maximum Gasteiger partial charge on any atom is 0.124 e. The number of halogens is 2. The van der Waals surface area contributed by atoms with E-state index in [2.05, 4.69) is 34.0 Å². The van der Waals surface area contributed by atoms with Crippen molar-refractivity contribution in [2.45, 2.75) is 19.3 Å². The Labute approximate surface area is 103 Å². The largest absolute Gasteiger partial charge is 0.384 e. The lowest BCUT2D eigenvalue weighted by Gasteiger charge is -2.07. The Kier molecular flexibility index (Phi) is 5.40. The second-order valence-corrected chi connectivity index (χ2v) is 4.33. The van der Waals surface area contributed by atoms with E-state index >= 15 is 0 Å². The number of nitriles is 1. The summed E-state index contributed by atoms with van der Waals surface area (Å²) in [5.74, 6) is -0.213. The molecule has 1 aromatic rings. The minimum absolute atomic E-state index is 0.213. The minimum Gasteiger partial charge on any atom is -0.384 e. The third kappa shape index (κ3) is 4.47. The lowest BCUT2D eigenvalue weighted by Crippen LogP contribution is -2.02. The van der Waals surface area contributed by atoms with E-state index in [9.17, 15) is 4.39 Å². The van der Waals surface area contributed by atoms with Gasteiger partial charge in [-0.2, -0.15) is 5.26 Å². The first-order chi connectivity index (χ1) is 7.24. The summed E-state index contributed by atoms with van der Waals surface area (Å²) < 4.78 is 13.6. The minimum atomic E-state index is -0.213. The molecule has 0 saturated heterocycles. The highest BCUT2D eigenvalue weighted by molar-refractivity contribution is 14.1. The topological polar surface area (TPSA) is 35.8 Å². The molecular weight excluding hydrogens is 306 g/mol. The first-order valence-corrected chi connectivity index (χ1v) is 5.88. The monoisotopic (exact) mass is 318 g/mol. The second kappa shape index (κ2) is 6.62. The van der Waals surface area contributed by atoms with Crippen molar-refractivity contribution in [3.05, 3.63) is 27.6 Å². The van der Waals surface area contributed by atoms with Gasteiger partial charge in [-0.25, -0.2) is 4.39 Å². The van der Waals surface area contributed by atoms with Crippen molar-refractivity contribution >= 4 is 28.3 Å². The normalized spacial score (nSPS) is 9.67. The van der Waals surface area contributed by atoms with Crippen LogP contribution in [0.15, 0.2) is 18.2 Å². The zero-order valence-corrected chi connectivity index (χ0v) is 10.4. The van der Waals surface area contributed by atoms with Crippen molar-refractivity contribution in [1.82, 2.24) is 0 Å². The molecule has 0 aliphatic rings. The number of benzene rings is 1. The highest BCUT2D eigenvalue weighted by Crippen LogP contribution is 2.18. The summed E-state index contributed by atoms with van der Waals surface area (Å²) in [5, 5.41) is 11.6. The molecule has 0 heterocycles. The Morgan fingerprint density at radius 2 is 2.20 bits per heavy atom. The summed E-state index contributed by atoms with van der Waals surface area (Å²) in [5.41, 5.74) is 0.953. The number of nitrogens with one attached hydrogen (secondary N) is 1. The smallest absolute Gasteiger partial charge is 0.124 e. The predicted molar refractivity (Wildman–Crippen MR) is 67.1 cm³/mol. The molecule has 80 valence electrons. The van der Waals surface area contributed by atoms with Crippen molar-refractivity contribution in [3.8, 4) is 6.07 Å². The van der Waals surface area contributed by atoms with E-state index in [1.807, 2.05) is 0 Å². The lowest BCUT2D eigenvalue weighted by molar-refractivity contribution is 0.627. The zero-order chi connectivity index (χ0) is 11.1. The van der Waals surface area contributed by atoms with E-state index in [0.29, 0.717) is 6.42 Å². The maximum absolute atomic E-state index is 12.8. The molecule has 0 fully saturated rings. The van der Waals surface area contributed by atoms with Crippen LogP contribution in [0.5, 0.6) is 0 Å². The van der Waals surface area contributed by atoms with Gasteiger partial charge in [0.25, 0.3) is 0 Å². The van der Waals surface area contributed by atoms with Crippen molar-refractivity contribution in [2.75, 3.05) is 11.9 Å². The molecule has 15 heavy (non-hydrogen) atoms. The Morgan fingerprint density at radius 1 is 1.40 bits per heavy atom. The van der Waals surface area contributed by atoms with E-state index in [0.717, 1.165) is 28.6 Å². The van der Waals surface area contributed by atoms with Gasteiger partial charge in [-0.1, -0.05) is 0 Å². The van der Waals surface area contributed by atoms with Crippen molar-refractivity contribution in [3.63, 3.8) is 0 Å². The van der Waals surface area contributed by atoms with E-state index in [1.54, 1.807) is 6.07 Å². The van der Waals surface area contributed by atoms with Crippen LogP contribution in [0.25, 0.3) is 0 Å². The number of hydrogen-bond acceptors (Lipinski definition) is 2. The van der Waals surface area contributed by atoms with Gasteiger partial charge in [0.2, 0.25) is 0 Å². The van der Waals surface area contributed by atoms with Gasteiger partial charge < -0.3 is 5.32 Å². The fraction of sp³-hybridized carbons (Fsp3) is 0.364. The molecule has 1 rings (SSSR count). The number of rotatable bonds is 5. The van der Waals surface area contributed by atoms with Crippen LogP contribution in [-0.2, 0) is 0 Å². The molecule has 0 spiro atoms. The van der Waals surface area contributed by atoms with Gasteiger partial charge in [-0.3, -0.25) is 0 Å². The Balaban J connectivity index is 2.35. The van der Waals surface area contributed by atoms with Crippen LogP contribution in [0, 0.1) is 20.7 Å². The van der Waals surface area contributed by atoms with E-state index in [1.165, 1.54) is 12.1 Å². The zero-order valence-electron chi connectivity index (χ0n) is 8.26. The second-order valence-electron chi connectivity index (χ2n) is 3.17. The molecule has 0 aliphatic carbocycles. The maximum atomic E-state index is 12.8. The fourth-order valence-electron chi connectivity index (χ4n) is 1.18. The summed E-state index contributed by atoms with van der Waals surface area (Å²) in [7, 11) is 0. The number of hydrogen-bond donors (Lipinski definition) is 1. The van der Waals surface area contributed by atoms with Gasteiger partial charge in [0.05, 0.1) is 6.07 Å². The Morgan fingerprint density at radius 3 is 2.87 bits per heavy atom. The molecule has 0 radical (unpaired) electrons. The number of nitrogens with zero attached hydrogens (tertiary/aromatic N) is 1. The Hall–Kier alpha value is -0.830.